The first-order valence-corrected chi connectivity index (χ1v) is 6.69. The molecule has 1 amide bonds. The molecule has 2 unspecified atom stereocenters. The third kappa shape index (κ3) is 3.11. The molecule has 1 aliphatic heterocycles. The van der Waals surface area contributed by atoms with E-state index in [1.807, 2.05) is 26.2 Å². The summed E-state index contributed by atoms with van der Waals surface area (Å²) in [5.41, 5.74) is 1.20. The Morgan fingerprint density at radius 1 is 1.47 bits per heavy atom. The summed E-state index contributed by atoms with van der Waals surface area (Å²) in [6, 6.07) is 4.17. The Morgan fingerprint density at radius 2 is 2.16 bits per heavy atom. The molecule has 19 heavy (non-hydrogen) atoms. The van der Waals surface area contributed by atoms with Crippen molar-refractivity contribution in [3.63, 3.8) is 0 Å². The minimum absolute atomic E-state index is 0.0908. The van der Waals surface area contributed by atoms with Crippen LogP contribution in [-0.2, 0) is 4.79 Å². The SMILES string of the molecule is CC(c1ccncc1)N1CCNCC1C(=O)N(C)C. The molecular formula is C14H22N4O. The zero-order chi connectivity index (χ0) is 13.8. The van der Waals surface area contributed by atoms with E-state index in [2.05, 4.69) is 22.1 Å². The first-order chi connectivity index (χ1) is 9.11. The summed E-state index contributed by atoms with van der Waals surface area (Å²) < 4.78 is 0. The molecular weight excluding hydrogens is 240 g/mol. The van der Waals surface area contributed by atoms with Crippen molar-refractivity contribution < 1.29 is 4.79 Å². The maximum absolute atomic E-state index is 12.3. The van der Waals surface area contributed by atoms with E-state index >= 15 is 0 Å². The number of hydrogen-bond donors (Lipinski definition) is 1. The van der Waals surface area contributed by atoms with Crippen LogP contribution in [0.1, 0.15) is 18.5 Å². The maximum Gasteiger partial charge on any atom is 0.240 e. The predicted molar refractivity (Wildman–Crippen MR) is 74.7 cm³/mol. The fourth-order valence-corrected chi connectivity index (χ4v) is 2.54. The van der Waals surface area contributed by atoms with Crippen LogP contribution < -0.4 is 5.32 Å². The number of aromatic nitrogens is 1. The normalized spacial score (nSPS) is 21.9. The Labute approximate surface area is 114 Å². The zero-order valence-corrected chi connectivity index (χ0v) is 11.8. The minimum atomic E-state index is -0.0908. The van der Waals surface area contributed by atoms with Crippen molar-refractivity contribution in [2.45, 2.75) is 19.0 Å². The molecule has 104 valence electrons. The van der Waals surface area contributed by atoms with E-state index < -0.39 is 0 Å². The molecule has 2 atom stereocenters. The van der Waals surface area contributed by atoms with Crippen LogP contribution in [-0.4, -0.2) is 60.5 Å². The Hall–Kier alpha value is -1.46. The van der Waals surface area contributed by atoms with Gasteiger partial charge in [-0.05, 0) is 24.6 Å². The molecule has 0 saturated carbocycles. The molecule has 1 fully saturated rings. The fraction of sp³-hybridized carbons (Fsp3) is 0.571. The number of amides is 1. The van der Waals surface area contributed by atoms with Gasteiger partial charge >= 0.3 is 0 Å². The number of likely N-dealkylation sites (N-methyl/N-ethyl adjacent to an activating group) is 1. The number of carbonyl (C=O) groups excluding carboxylic acids is 1. The van der Waals surface area contributed by atoms with E-state index in [1.165, 1.54) is 5.56 Å². The topological polar surface area (TPSA) is 48.5 Å². The molecule has 0 aromatic carbocycles. The first kappa shape index (κ1) is 14.0. The van der Waals surface area contributed by atoms with Crippen molar-refractivity contribution in [1.29, 1.82) is 0 Å². The van der Waals surface area contributed by atoms with E-state index in [4.69, 9.17) is 0 Å². The largest absolute Gasteiger partial charge is 0.347 e. The number of nitrogens with one attached hydrogen (secondary N) is 1. The second-order valence-electron chi connectivity index (χ2n) is 5.15. The molecule has 2 heterocycles. The van der Waals surface area contributed by atoms with Gasteiger partial charge in [0, 0.05) is 52.2 Å². The second kappa shape index (κ2) is 6.12. The number of carbonyl (C=O) groups is 1. The Morgan fingerprint density at radius 3 is 2.79 bits per heavy atom. The summed E-state index contributed by atoms with van der Waals surface area (Å²) >= 11 is 0. The molecule has 0 spiro atoms. The van der Waals surface area contributed by atoms with Crippen molar-refractivity contribution in [3.8, 4) is 0 Å². The number of nitrogens with zero attached hydrogens (tertiary/aromatic N) is 3. The van der Waals surface area contributed by atoms with E-state index in [1.54, 1.807) is 17.3 Å². The third-order valence-electron chi connectivity index (χ3n) is 3.70. The van der Waals surface area contributed by atoms with Crippen molar-refractivity contribution in [1.82, 2.24) is 20.1 Å². The first-order valence-electron chi connectivity index (χ1n) is 6.69. The second-order valence-corrected chi connectivity index (χ2v) is 5.15. The lowest BCUT2D eigenvalue weighted by Crippen LogP contribution is -2.58. The average molecular weight is 262 g/mol. The Bertz CT molecular complexity index is 421. The van der Waals surface area contributed by atoms with Gasteiger partial charge in [0.2, 0.25) is 5.91 Å². The van der Waals surface area contributed by atoms with Gasteiger partial charge in [0.05, 0.1) is 0 Å². The summed E-state index contributed by atoms with van der Waals surface area (Å²) in [5.74, 6) is 0.160. The highest BCUT2D eigenvalue weighted by atomic mass is 16.2. The van der Waals surface area contributed by atoms with Gasteiger partial charge in [-0.15, -0.1) is 0 Å². The van der Waals surface area contributed by atoms with Gasteiger partial charge in [0.15, 0.2) is 0 Å². The monoisotopic (exact) mass is 262 g/mol. The number of piperazine rings is 1. The average Bonchev–Trinajstić information content (AvgIpc) is 2.46. The Balaban J connectivity index is 2.18. The van der Waals surface area contributed by atoms with Gasteiger partial charge in [-0.1, -0.05) is 0 Å². The molecule has 0 radical (unpaired) electrons. The molecule has 1 aliphatic rings. The van der Waals surface area contributed by atoms with Crippen LogP contribution in [0.15, 0.2) is 24.5 Å². The number of pyridine rings is 1. The number of hydrogen-bond acceptors (Lipinski definition) is 4. The molecule has 1 aromatic rings. The van der Waals surface area contributed by atoms with E-state index in [9.17, 15) is 4.79 Å². The van der Waals surface area contributed by atoms with Crippen LogP contribution in [0.3, 0.4) is 0 Å². The van der Waals surface area contributed by atoms with Gasteiger partial charge in [-0.2, -0.15) is 0 Å². The van der Waals surface area contributed by atoms with Crippen LogP contribution in [0.2, 0.25) is 0 Å². The molecule has 0 aliphatic carbocycles. The van der Waals surface area contributed by atoms with Crippen LogP contribution in [0.4, 0.5) is 0 Å². The minimum Gasteiger partial charge on any atom is -0.347 e. The van der Waals surface area contributed by atoms with Crippen LogP contribution in [0.5, 0.6) is 0 Å². The molecule has 2 rings (SSSR count). The quantitative estimate of drug-likeness (QED) is 0.862. The lowest BCUT2D eigenvalue weighted by Gasteiger charge is -2.40. The van der Waals surface area contributed by atoms with Gasteiger partial charge in [0.25, 0.3) is 0 Å². The smallest absolute Gasteiger partial charge is 0.240 e. The van der Waals surface area contributed by atoms with Gasteiger partial charge in [-0.25, -0.2) is 0 Å². The molecule has 1 saturated heterocycles. The highest BCUT2D eigenvalue weighted by Crippen LogP contribution is 2.23. The number of rotatable bonds is 3. The van der Waals surface area contributed by atoms with Gasteiger partial charge in [0.1, 0.15) is 6.04 Å². The van der Waals surface area contributed by atoms with Crippen molar-refractivity contribution in [3.05, 3.63) is 30.1 Å². The van der Waals surface area contributed by atoms with E-state index in [0.717, 1.165) is 13.1 Å². The van der Waals surface area contributed by atoms with Gasteiger partial charge in [-0.3, -0.25) is 14.7 Å². The molecule has 1 N–H and O–H groups in total. The van der Waals surface area contributed by atoms with Crippen LogP contribution in [0.25, 0.3) is 0 Å². The maximum atomic E-state index is 12.3. The van der Waals surface area contributed by atoms with Gasteiger partial charge < -0.3 is 10.2 Å². The highest BCUT2D eigenvalue weighted by molar-refractivity contribution is 5.81. The summed E-state index contributed by atoms with van der Waals surface area (Å²) in [6.45, 7) is 4.67. The molecule has 5 heteroatoms. The molecule has 1 aromatic heterocycles. The molecule has 5 nitrogen and oxygen atoms in total. The summed E-state index contributed by atoms with van der Waals surface area (Å²) in [7, 11) is 3.62. The summed E-state index contributed by atoms with van der Waals surface area (Å²) in [4.78, 5) is 20.3. The Kier molecular flexibility index (Phi) is 4.50. The van der Waals surface area contributed by atoms with Crippen molar-refractivity contribution >= 4 is 5.91 Å². The molecule has 0 bridgehead atoms. The van der Waals surface area contributed by atoms with Crippen LogP contribution >= 0.6 is 0 Å². The lowest BCUT2D eigenvalue weighted by molar-refractivity contribution is -0.136. The highest BCUT2D eigenvalue weighted by Gasteiger charge is 2.33. The standard InChI is InChI=1S/C14H22N4O/c1-11(12-4-6-15-7-5-12)18-9-8-16-10-13(18)14(19)17(2)3/h4-7,11,13,16H,8-10H2,1-3H3. The van der Waals surface area contributed by atoms with Crippen molar-refractivity contribution in [2.24, 2.45) is 0 Å². The zero-order valence-electron chi connectivity index (χ0n) is 11.8. The van der Waals surface area contributed by atoms with E-state index in [-0.39, 0.29) is 18.0 Å². The predicted octanol–water partition coefficient (Wildman–Crippen LogP) is 0.505. The van der Waals surface area contributed by atoms with Crippen molar-refractivity contribution in [2.75, 3.05) is 33.7 Å². The summed E-state index contributed by atoms with van der Waals surface area (Å²) in [6.07, 6.45) is 3.60. The fourth-order valence-electron chi connectivity index (χ4n) is 2.54. The van der Waals surface area contributed by atoms with Crippen LogP contribution in [0, 0.1) is 0 Å². The lowest BCUT2D eigenvalue weighted by atomic mass is 10.0. The van der Waals surface area contributed by atoms with E-state index in [0.29, 0.717) is 6.54 Å². The summed E-state index contributed by atoms with van der Waals surface area (Å²) in [5, 5.41) is 3.31. The third-order valence-corrected chi connectivity index (χ3v) is 3.70.